The highest BCUT2D eigenvalue weighted by atomic mass is 32.1. The fraction of sp³-hybridized carbons (Fsp3) is 0.222. The Balaban J connectivity index is 2.55. The molecule has 0 amide bonds. The van der Waals surface area contributed by atoms with Crippen molar-refractivity contribution in [2.45, 2.75) is 6.42 Å². The molecule has 1 aromatic heterocycles. The molecule has 68 valence electrons. The van der Waals surface area contributed by atoms with Crippen LogP contribution in [0, 0.1) is 5.82 Å². The predicted octanol–water partition coefficient (Wildman–Crippen LogP) is 1.94. The zero-order valence-corrected chi connectivity index (χ0v) is 7.77. The van der Waals surface area contributed by atoms with E-state index in [1.54, 1.807) is 6.07 Å². The normalized spacial score (nSPS) is 10.9. The smallest absolute Gasteiger partial charge is 0.150 e. The molecular formula is C9H9FN2S. The van der Waals surface area contributed by atoms with Gasteiger partial charge >= 0.3 is 0 Å². The van der Waals surface area contributed by atoms with Gasteiger partial charge < -0.3 is 5.73 Å². The van der Waals surface area contributed by atoms with Crippen LogP contribution in [0.5, 0.6) is 0 Å². The summed E-state index contributed by atoms with van der Waals surface area (Å²) in [5, 5.41) is 0.905. The molecule has 0 atom stereocenters. The molecule has 0 bridgehead atoms. The SMILES string of the molecule is NCCc1nc2c(F)cccc2s1. The van der Waals surface area contributed by atoms with Crippen molar-refractivity contribution in [2.75, 3.05) is 6.54 Å². The summed E-state index contributed by atoms with van der Waals surface area (Å²) < 4.78 is 14.0. The van der Waals surface area contributed by atoms with Gasteiger partial charge in [-0.15, -0.1) is 11.3 Å². The zero-order chi connectivity index (χ0) is 9.26. The summed E-state index contributed by atoms with van der Waals surface area (Å²) in [5.74, 6) is -0.253. The average Bonchev–Trinajstić information content (AvgIpc) is 2.49. The number of fused-ring (bicyclic) bond motifs is 1. The van der Waals surface area contributed by atoms with Gasteiger partial charge in [0, 0.05) is 6.42 Å². The van der Waals surface area contributed by atoms with Gasteiger partial charge in [0.25, 0.3) is 0 Å². The molecule has 0 aliphatic rings. The number of nitrogens with zero attached hydrogens (tertiary/aromatic N) is 1. The second-order valence-electron chi connectivity index (χ2n) is 2.73. The molecule has 0 saturated carbocycles. The standard InChI is InChI=1S/C9H9FN2S/c10-6-2-1-3-7-9(6)12-8(13-7)4-5-11/h1-3H,4-5,11H2. The van der Waals surface area contributed by atoms with E-state index in [0.29, 0.717) is 12.1 Å². The fourth-order valence-corrected chi connectivity index (χ4v) is 2.19. The first-order valence-electron chi connectivity index (χ1n) is 4.05. The lowest BCUT2D eigenvalue weighted by atomic mass is 10.3. The molecule has 0 radical (unpaired) electrons. The van der Waals surface area contributed by atoms with Crippen molar-refractivity contribution in [1.82, 2.24) is 4.98 Å². The maximum atomic E-state index is 13.2. The molecule has 0 aliphatic carbocycles. The van der Waals surface area contributed by atoms with Gasteiger partial charge in [0.05, 0.1) is 9.71 Å². The summed E-state index contributed by atoms with van der Waals surface area (Å²) in [7, 11) is 0. The largest absolute Gasteiger partial charge is 0.330 e. The van der Waals surface area contributed by atoms with Crippen LogP contribution in [-0.4, -0.2) is 11.5 Å². The monoisotopic (exact) mass is 196 g/mol. The molecular weight excluding hydrogens is 187 g/mol. The van der Waals surface area contributed by atoms with E-state index >= 15 is 0 Å². The second kappa shape index (κ2) is 3.40. The summed E-state index contributed by atoms with van der Waals surface area (Å²) in [6, 6.07) is 4.99. The van der Waals surface area contributed by atoms with E-state index in [4.69, 9.17) is 5.73 Å². The van der Waals surface area contributed by atoms with Crippen LogP contribution in [-0.2, 0) is 6.42 Å². The van der Waals surface area contributed by atoms with E-state index in [2.05, 4.69) is 4.98 Å². The third kappa shape index (κ3) is 1.55. The maximum Gasteiger partial charge on any atom is 0.150 e. The Hall–Kier alpha value is -1.000. The molecule has 2 N–H and O–H groups in total. The Morgan fingerprint density at radius 3 is 3.00 bits per heavy atom. The van der Waals surface area contributed by atoms with Crippen LogP contribution in [0.3, 0.4) is 0 Å². The quantitative estimate of drug-likeness (QED) is 0.797. The van der Waals surface area contributed by atoms with Gasteiger partial charge in [-0.05, 0) is 18.7 Å². The second-order valence-corrected chi connectivity index (χ2v) is 3.85. The minimum Gasteiger partial charge on any atom is -0.330 e. The molecule has 4 heteroatoms. The van der Waals surface area contributed by atoms with Crippen LogP contribution in [0.2, 0.25) is 0 Å². The topological polar surface area (TPSA) is 38.9 Å². The summed E-state index contributed by atoms with van der Waals surface area (Å²) in [5.41, 5.74) is 5.86. The summed E-state index contributed by atoms with van der Waals surface area (Å²) >= 11 is 1.50. The fourth-order valence-electron chi connectivity index (χ4n) is 1.19. The summed E-state index contributed by atoms with van der Waals surface area (Å²) in [4.78, 5) is 4.17. The van der Waals surface area contributed by atoms with Crippen molar-refractivity contribution in [2.24, 2.45) is 5.73 Å². The lowest BCUT2D eigenvalue weighted by Crippen LogP contribution is -2.01. The molecule has 1 heterocycles. The minimum atomic E-state index is -0.253. The van der Waals surface area contributed by atoms with E-state index in [0.717, 1.165) is 16.1 Å². The van der Waals surface area contributed by atoms with Gasteiger partial charge in [0.15, 0.2) is 0 Å². The number of nitrogens with two attached hydrogens (primary N) is 1. The van der Waals surface area contributed by atoms with Crippen molar-refractivity contribution in [3.8, 4) is 0 Å². The van der Waals surface area contributed by atoms with Crippen molar-refractivity contribution in [1.29, 1.82) is 0 Å². The summed E-state index contributed by atoms with van der Waals surface area (Å²) in [6.45, 7) is 0.557. The molecule has 0 saturated heterocycles. The van der Waals surface area contributed by atoms with Crippen LogP contribution < -0.4 is 5.73 Å². The van der Waals surface area contributed by atoms with Crippen molar-refractivity contribution < 1.29 is 4.39 Å². The average molecular weight is 196 g/mol. The highest BCUT2D eigenvalue weighted by molar-refractivity contribution is 7.18. The maximum absolute atomic E-state index is 13.2. The number of aromatic nitrogens is 1. The number of rotatable bonds is 2. The van der Waals surface area contributed by atoms with Gasteiger partial charge in [0.2, 0.25) is 0 Å². The van der Waals surface area contributed by atoms with Crippen LogP contribution in [0.4, 0.5) is 4.39 Å². The first kappa shape index (κ1) is 8.59. The Morgan fingerprint density at radius 2 is 2.31 bits per heavy atom. The molecule has 0 spiro atoms. The van der Waals surface area contributed by atoms with Gasteiger partial charge in [-0.2, -0.15) is 0 Å². The van der Waals surface area contributed by atoms with Gasteiger partial charge in [-0.3, -0.25) is 0 Å². The van der Waals surface area contributed by atoms with Gasteiger partial charge in [0.1, 0.15) is 11.3 Å². The number of para-hydroxylation sites is 1. The van der Waals surface area contributed by atoms with Crippen molar-refractivity contribution >= 4 is 21.6 Å². The molecule has 0 aliphatic heterocycles. The number of benzene rings is 1. The first-order chi connectivity index (χ1) is 6.31. The van der Waals surface area contributed by atoms with Crippen LogP contribution in [0.15, 0.2) is 18.2 Å². The van der Waals surface area contributed by atoms with E-state index < -0.39 is 0 Å². The molecule has 2 rings (SSSR count). The van der Waals surface area contributed by atoms with Crippen molar-refractivity contribution in [3.63, 3.8) is 0 Å². The van der Waals surface area contributed by atoms with E-state index in [-0.39, 0.29) is 5.82 Å². The number of thiazole rings is 1. The number of hydrogen-bond donors (Lipinski definition) is 1. The first-order valence-corrected chi connectivity index (χ1v) is 4.87. The highest BCUT2D eigenvalue weighted by Crippen LogP contribution is 2.23. The Morgan fingerprint density at radius 1 is 1.46 bits per heavy atom. The lowest BCUT2D eigenvalue weighted by Gasteiger charge is -1.87. The van der Waals surface area contributed by atoms with E-state index in [1.165, 1.54) is 17.4 Å². The molecule has 1 aromatic carbocycles. The molecule has 2 aromatic rings. The van der Waals surface area contributed by atoms with Crippen LogP contribution in [0.25, 0.3) is 10.2 Å². The molecule has 0 fully saturated rings. The minimum absolute atomic E-state index is 0.253. The van der Waals surface area contributed by atoms with Gasteiger partial charge in [-0.25, -0.2) is 9.37 Å². The Labute approximate surface area is 79.2 Å². The Bertz CT molecular complexity index is 424. The predicted molar refractivity (Wildman–Crippen MR) is 52.3 cm³/mol. The lowest BCUT2D eigenvalue weighted by molar-refractivity contribution is 0.637. The molecule has 2 nitrogen and oxygen atoms in total. The van der Waals surface area contributed by atoms with Gasteiger partial charge in [-0.1, -0.05) is 6.07 Å². The molecule has 13 heavy (non-hydrogen) atoms. The molecule has 0 unspecified atom stereocenters. The number of hydrogen-bond acceptors (Lipinski definition) is 3. The van der Waals surface area contributed by atoms with E-state index in [9.17, 15) is 4.39 Å². The highest BCUT2D eigenvalue weighted by Gasteiger charge is 2.06. The van der Waals surface area contributed by atoms with Crippen LogP contribution >= 0.6 is 11.3 Å². The van der Waals surface area contributed by atoms with Crippen LogP contribution in [0.1, 0.15) is 5.01 Å². The van der Waals surface area contributed by atoms with E-state index in [1.807, 2.05) is 6.07 Å². The number of halogens is 1. The summed E-state index contributed by atoms with van der Waals surface area (Å²) in [6.07, 6.45) is 0.721. The third-order valence-electron chi connectivity index (χ3n) is 1.77. The zero-order valence-electron chi connectivity index (χ0n) is 6.96. The van der Waals surface area contributed by atoms with Crippen molar-refractivity contribution in [3.05, 3.63) is 29.0 Å². The third-order valence-corrected chi connectivity index (χ3v) is 2.85. The Kier molecular flexibility index (Phi) is 2.24.